The molecule has 6 unspecified atom stereocenters. The zero-order valence-electron chi connectivity index (χ0n) is 14.9. The summed E-state index contributed by atoms with van der Waals surface area (Å²) in [6.07, 6.45) is 11.5. The summed E-state index contributed by atoms with van der Waals surface area (Å²) in [6, 6.07) is 0. The number of hydrogen-bond acceptors (Lipinski definition) is 2. The molecule has 3 saturated carbocycles. The van der Waals surface area contributed by atoms with Crippen molar-refractivity contribution in [2.75, 3.05) is 0 Å². The molecule has 2 nitrogen and oxygen atoms in total. The Morgan fingerprint density at radius 3 is 2.70 bits per heavy atom. The lowest BCUT2D eigenvalue weighted by molar-refractivity contribution is -0.154. The number of fused-ring (bicyclic) bond motifs is 5. The van der Waals surface area contributed by atoms with Crippen LogP contribution in [0.15, 0.2) is 11.6 Å². The minimum Gasteiger partial charge on any atom is -0.299 e. The van der Waals surface area contributed by atoms with E-state index in [1.54, 1.807) is 6.92 Å². The molecule has 4 aliphatic carbocycles. The fourth-order valence-corrected chi connectivity index (χ4v) is 7.23. The van der Waals surface area contributed by atoms with Gasteiger partial charge >= 0.3 is 0 Å². The van der Waals surface area contributed by atoms with Crippen molar-refractivity contribution in [1.29, 1.82) is 0 Å². The molecule has 0 bridgehead atoms. The summed E-state index contributed by atoms with van der Waals surface area (Å²) in [5, 5.41) is 0. The van der Waals surface area contributed by atoms with E-state index in [4.69, 9.17) is 0 Å². The van der Waals surface area contributed by atoms with Crippen LogP contribution in [0.1, 0.15) is 72.1 Å². The van der Waals surface area contributed by atoms with E-state index in [1.807, 2.05) is 0 Å². The lowest BCUT2D eigenvalue weighted by atomic mass is 9.44. The van der Waals surface area contributed by atoms with Gasteiger partial charge in [0, 0.05) is 17.8 Å². The number of allylic oxidation sites excluding steroid dienone is 2. The highest BCUT2D eigenvalue weighted by molar-refractivity contribution is 5.97. The number of ketones is 2. The third-order valence-corrected chi connectivity index (χ3v) is 8.23. The molecular weight excluding hydrogens is 284 g/mol. The van der Waals surface area contributed by atoms with Crippen molar-refractivity contribution in [3.8, 4) is 0 Å². The number of Topliss-reactive ketones (excluding diaryl/α,β-unsaturated/α-hetero) is 2. The smallest absolute Gasteiger partial charge is 0.156 e. The Bertz CT molecular complexity index is 589. The highest BCUT2D eigenvalue weighted by Gasteiger charge is 2.61. The highest BCUT2D eigenvalue weighted by atomic mass is 16.1. The van der Waals surface area contributed by atoms with Crippen molar-refractivity contribution in [1.82, 2.24) is 0 Å². The third-order valence-electron chi connectivity index (χ3n) is 8.23. The van der Waals surface area contributed by atoms with Crippen LogP contribution in [0.4, 0.5) is 0 Å². The van der Waals surface area contributed by atoms with Crippen LogP contribution in [-0.2, 0) is 9.59 Å². The van der Waals surface area contributed by atoms with Crippen molar-refractivity contribution in [2.24, 2.45) is 34.5 Å². The summed E-state index contributed by atoms with van der Waals surface area (Å²) in [7, 11) is 0. The number of rotatable bonds is 1. The third kappa shape index (κ3) is 1.99. The molecule has 0 aromatic heterocycles. The average molecular weight is 314 g/mol. The molecule has 0 heterocycles. The Morgan fingerprint density at radius 2 is 1.96 bits per heavy atom. The Hall–Kier alpha value is -0.920. The van der Waals surface area contributed by atoms with Crippen LogP contribution < -0.4 is 0 Å². The standard InChI is InChI=1S/C21H30O2/c1-13(22)16-9-10-17-15-8-7-14-6-4-5-11-20(14,2)19(15)18(23)12-21(16,17)3/h9,14-15,17,19H,4-8,10-12H2,1-3H3. The molecule has 23 heavy (non-hydrogen) atoms. The van der Waals surface area contributed by atoms with Crippen LogP contribution in [-0.4, -0.2) is 11.6 Å². The Balaban J connectivity index is 1.71. The van der Waals surface area contributed by atoms with Crippen molar-refractivity contribution < 1.29 is 9.59 Å². The Labute approximate surface area is 140 Å². The fourth-order valence-electron chi connectivity index (χ4n) is 7.23. The van der Waals surface area contributed by atoms with E-state index in [-0.39, 0.29) is 22.5 Å². The topological polar surface area (TPSA) is 34.1 Å². The summed E-state index contributed by atoms with van der Waals surface area (Å²) < 4.78 is 0. The maximum Gasteiger partial charge on any atom is 0.156 e. The normalized spacial score (nSPS) is 49.0. The second-order valence-corrected chi connectivity index (χ2v) is 9.24. The maximum atomic E-state index is 13.3. The predicted molar refractivity (Wildman–Crippen MR) is 90.9 cm³/mol. The lowest BCUT2D eigenvalue weighted by Crippen LogP contribution is -2.56. The average Bonchev–Trinajstić information content (AvgIpc) is 2.82. The van der Waals surface area contributed by atoms with Gasteiger partial charge in [0.1, 0.15) is 5.78 Å². The van der Waals surface area contributed by atoms with Crippen LogP contribution >= 0.6 is 0 Å². The molecule has 4 rings (SSSR count). The van der Waals surface area contributed by atoms with Gasteiger partial charge in [0.15, 0.2) is 5.78 Å². The van der Waals surface area contributed by atoms with Crippen LogP contribution in [0.3, 0.4) is 0 Å². The summed E-state index contributed by atoms with van der Waals surface area (Å²) >= 11 is 0. The fraction of sp³-hybridized carbons (Fsp3) is 0.810. The lowest BCUT2D eigenvalue weighted by Gasteiger charge is -2.59. The molecule has 0 saturated heterocycles. The summed E-state index contributed by atoms with van der Waals surface area (Å²) in [6.45, 7) is 6.29. The number of carbonyl (C=O) groups excluding carboxylic acids is 2. The second-order valence-electron chi connectivity index (χ2n) is 9.24. The monoisotopic (exact) mass is 314 g/mol. The van der Waals surface area contributed by atoms with E-state index in [9.17, 15) is 9.59 Å². The van der Waals surface area contributed by atoms with Crippen molar-refractivity contribution in [3.05, 3.63) is 11.6 Å². The molecule has 0 amide bonds. The molecule has 4 aliphatic rings. The van der Waals surface area contributed by atoms with Crippen molar-refractivity contribution >= 4 is 11.6 Å². The summed E-state index contributed by atoms with van der Waals surface area (Å²) in [4.78, 5) is 25.4. The molecule has 0 spiro atoms. The van der Waals surface area contributed by atoms with Gasteiger partial charge in [0.2, 0.25) is 0 Å². The highest BCUT2D eigenvalue weighted by Crippen LogP contribution is 2.65. The first-order chi connectivity index (χ1) is 10.9. The number of hydrogen-bond donors (Lipinski definition) is 0. The molecule has 0 N–H and O–H groups in total. The largest absolute Gasteiger partial charge is 0.299 e. The van der Waals surface area contributed by atoms with Gasteiger partial charge in [-0.15, -0.1) is 0 Å². The van der Waals surface area contributed by atoms with Crippen molar-refractivity contribution in [2.45, 2.75) is 72.1 Å². The van der Waals surface area contributed by atoms with Gasteiger partial charge in [-0.1, -0.05) is 32.8 Å². The van der Waals surface area contributed by atoms with Gasteiger partial charge in [-0.3, -0.25) is 9.59 Å². The van der Waals surface area contributed by atoms with E-state index in [0.717, 1.165) is 17.9 Å². The summed E-state index contributed by atoms with van der Waals surface area (Å²) in [5.74, 6) is 2.69. The number of carbonyl (C=O) groups is 2. The van der Waals surface area contributed by atoms with Gasteiger partial charge < -0.3 is 0 Å². The van der Waals surface area contributed by atoms with E-state index in [0.29, 0.717) is 24.0 Å². The molecular formula is C21H30O2. The van der Waals surface area contributed by atoms with Gasteiger partial charge in [0.25, 0.3) is 0 Å². The first-order valence-electron chi connectivity index (χ1n) is 9.62. The molecule has 2 heteroatoms. The van der Waals surface area contributed by atoms with E-state index in [1.165, 1.54) is 38.5 Å². The van der Waals surface area contributed by atoms with Gasteiger partial charge in [0.05, 0.1) is 0 Å². The van der Waals surface area contributed by atoms with E-state index >= 15 is 0 Å². The molecule has 0 aliphatic heterocycles. The second kappa shape index (κ2) is 5.04. The van der Waals surface area contributed by atoms with Gasteiger partial charge in [-0.05, 0) is 67.8 Å². The van der Waals surface area contributed by atoms with Crippen LogP contribution in [0, 0.1) is 34.5 Å². The van der Waals surface area contributed by atoms with E-state index in [2.05, 4.69) is 19.9 Å². The van der Waals surface area contributed by atoms with E-state index < -0.39 is 0 Å². The quantitative estimate of drug-likeness (QED) is 0.701. The molecule has 3 fully saturated rings. The SMILES string of the molecule is CC(=O)C1=CCC2C3CCC4CCCCC4(C)C3C(=O)CC12C. The van der Waals surface area contributed by atoms with Crippen molar-refractivity contribution in [3.63, 3.8) is 0 Å². The zero-order chi connectivity index (χ0) is 16.4. The van der Waals surface area contributed by atoms with Gasteiger partial charge in [-0.25, -0.2) is 0 Å². The molecule has 126 valence electrons. The van der Waals surface area contributed by atoms with Crippen LogP contribution in [0.2, 0.25) is 0 Å². The Morgan fingerprint density at radius 1 is 1.17 bits per heavy atom. The zero-order valence-corrected chi connectivity index (χ0v) is 14.9. The van der Waals surface area contributed by atoms with Crippen LogP contribution in [0.5, 0.6) is 0 Å². The van der Waals surface area contributed by atoms with Crippen LogP contribution in [0.25, 0.3) is 0 Å². The first-order valence-corrected chi connectivity index (χ1v) is 9.62. The van der Waals surface area contributed by atoms with Gasteiger partial charge in [-0.2, -0.15) is 0 Å². The molecule has 0 aromatic carbocycles. The molecule has 6 atom stereocenters. The summed E-state index contributed by atoms with van der Waals surface area (Å²) in [5.41, 5.74) is 1.01. The first kappa shape index (κ1) is 15.6. The maximum absolute atomic E-state index is 13.3. The molecule has 0 radical (unpaired) electrons. The minimum absolute atomic E-state index is 0.179. The Kier molecular flexibility index (Phi) is 3.42. The molecule has 0 aromatic rings. The minimum atomic E-state index is -0.179. The predicted octanol–water partition coefficient (Wildman–Crippen LogP) is 4.72.